The lowest BCUT2D eigenvalue weighted by molar-refractivity contribution is 0.0586. The lowest BCUT2D eigenvalue weighted by atomic mass is 9.62. The quantitative estimate of drug-likeness (QED) is 0.0396. The summed E-state index contributed by atoms with van der Waals surface area (Å²) in [5, 5.41) is 9.10. The second-order valence-electron chi connectivity index (χ2n) is 36.2. The summed E-state index contributed by atoms with van der Waals surface area (Å²) in [6.07, 6.45) is 10.1. The summed E-state index contributed by atoms with van der Waals surface area (Å²) >= 11 is 1.97. The van der Waals surface area contributed by atoms with Gasteiger partial charge in [-0.25, -0.2) is 36.7 Å². The molecule has 0 aliphatic heterocycles. The number of ether oxygens (including phenoxy) is 3. The van der Waals surface area contributed by atoms with Gasteiger partial charge in [0.05, 0.1) is 43.6 Å². The molecule has 0 saturated heterocycles. The number of carbonyl (C=O) groups excluding carboxylic acids is 3. The Morgan fingerprint density at radius 3 is 0.982 bits per heavy atom. The van der Waals surface area contributed by atoms with E-state index in [9.17, 15) is 36.7 Å². The van der Waals surface area contributed by atoms with Crippen LogP contribution in [-0.4, -0.2) is 63.4 Å². The normalized spacial score (nSPS) is 16.6. The van der Waals surface area contributed by atoms with Crippen LogP contribution in [0.25, 0.3) is 0 Å². The fourth-order valence-electron chi connectivity index (χ4n) is 16.4. The number of anilines is 5. The molecule has 114 heavy (non-hydrogen) atoms. The first kappa shape index (κ1) is 94.3. The monoisotopic (exact) mass is 1680 g/mol. The summed E-state index contributed by atoms with van der Waals surface area (Å²) in [7, 11) is 3.74. The number of fused-ring (bicyclic) bond motifs is 4. The molecule has 0 saturated carbocycles. The number of nitrogens with zero attached hydrogens (tertiary/aromatic N) is 2. The van der Waals surface area contributed by atoms with Gasteiger partial charge in [-0.1, -0.05) is 162 Å². The Hall–Kier alpha value is -8.51. The number of rotatable bonds is 12. The molecule has 3 N–H and O–H groups in total. The van der Waals surface area contributed by atoms with Gasteiger partial charge in [0.2, 0.25) is 0 Å². The van der Waals surface area contributed by atoms with E-state index in [1.54, 1.807) is 18.2 Å². The lowest BCUT2D eigenvalue weighted by Crippen LogP contribution is -2.34. The van der Waals surface area contributed by atoms with Gasteiger partial charge in [0.25, 0.3) is 0 Å². The van der Waals surface area contributed by atoms with E-state index < -0.39 is 47.1 Å². The highest BCUT2D eigenvalue weighted by molar-refractivity contribution is 14.1. The highest BCUT2D eigenvalue weighted by atomic mass is 127. The van der Waals surface area contributed by atoms with Crippen molar-refractivity contribution >= 4 is 74.9 Å². The van der Waals surface area contributed by atoms with Crippen LogP contribution in [0, 0.1) is 54.5 Å². The maximum atomic E-state index is 14.6. The van der Waals surface area contributed by atoms with Crippen molar-refractivity contribution in [1.82, 2.24) is 0 Å². The SMILES string of the molecule is C.C.CCN(c1ccc(C(=O)O)c(F)c1)c1cc2c(cc1C)C(C)(C)CCC2(C)C.CCN(c1ccc(C(=O)OC)c(F)c1)c1cc2c(cc1C)C(C)(C)CCC2(C)C.COC(=O)c1ccc(Cc2cc3c(cc2C)C(C)(C)CCC3(C)C)cc1F.COC(=O)c1ccc(I)cc1F.Cc1cc2c(cc1N)C(C)(C)CCC2(C)C. The lowest BCUT2D eigenvalue weighted by Gasteiger charge is -2.43. The number of halogens is 5. The predicted octanol–water partition coefficient (Wildman–Crippen LogP) is 26.0. The van der Waals surface area contributed by atoms with E-state index in [4.69, 9.17) is 10.8 Å². The number of aromatic carboxylic acids is 1. The molecule has 0 radical (unpaired) electrons. The topological polar surface area (TPSA) is 149 Å². The number of methoxy groups -OCH3 is 3. The van der Waals surface area contributed by atoms with Crippen LogP contribution >= 0.6 is 22.6 Å². The first-order valence-corrected chi connectivity index (χ1v) is 40.2. The Labute approximate surface area is 693 Å². The van der Waals surface area contributed by atoms with Crippen molar-refractivity contribution < 1.29 is 56.1 Å². The average molecular weight is 1680 g/mol. The van der Waals surface area contributed by atoms with E-state index >= 15 is 0 Å². The van der Waals surface area contributed by atoms with Crippen molar-refractivity contribution in [1.29, 1.82) is 0 Å². The van der Waals surface area contributed by atoms with Gasteiger partial charge in [-0.3, -0.25) is 0 Å². The van der Waals surface area contributed by atoms with Crippen molar-refractivity contribution in [2.24, 2.45) is 0 Å². The number of nitrogen functional groups attached to an aromatic ring is 1. The second kappa shape index (κ2) is 36.3. The van der Waals surface area contributed by atoms with Crippen molar-refractivity contribution in [2.75, 3.05) is 50.0 Å². The molecular formula is C98H128F4IN3O8. The predicted molar refractivity (Wildman–Crippen MR) is 471 cm³/mol. The summed E-state index contributed by atoms with van der Waals surface area (Å²) in [6, 6.07) is 36.5. The van der Waals surface area contributed by atoms with Crippen LogP contribution in [0.2, 0.25) is 0 Å². The minimum atomic E-state index is -1.25. The Morgan fingerprint density at radius 2 is 0.667 bits per heavy atom. The van der Waals surface area contributed by atoms with Gasteiger partial charge in [0.15, 0.2) is 0 Å². The van der Waals surface area contributed by atoms with Gasteiger partial charge in [-0.05, 0) is 328 Å². The molecule has 12 rings (SSSR count). The molecule has 4 aliphatic rings. The maximum absolute atomic E-state index is 14.6. The second-order valence-corrected chi connectivity index (χ2v) is 37.5. The highest BCUT2D eigenvalue weighted by Crippen LogP contribution is 2.52. The van der Waals surface area contributed by atoms with E-state index in [1.807, 2.05) is 35.6 Å². The summed E-state index contributed by atoms with van der Waals surface area (Å²) in [5.74, 6) is -5.56. The van der Waals surface area contributed by atoms with Gasteiger partial charge in [0, 0.05) is 45.1 Å². The molecule has 0 aromatic heterocycles. The summed E-state index contributed by atoms with van der Waals surface area (Å²) in [6.45, 7) is 50.9. The average Bonchev–Trinajstić information content (AvgIpc) is 0.761. The smallest absolute Gasteiger partial charge is 0.340 e. The van der Waals surface area contributed by atoms with Crippen LogP contribution in [-0.2, 0) is 64.0 Å². The Kier molecular flexibility index (Phi) is 30.1. The summed E-state index contributed by atoms with van der Waals surface area (Å²) in [4.78, 5) is 49.5. The summed E-state index contributed by atoms with van der Waals surface area (Å²) in [5.41, 5.74) is 29.7. The van der Waals surface area contributed by atoms with Crippen molar-refractivity contribution in [3.05, 3.63) is 248 Å². The number of carboxylic acid groups (broad SMARTS) is 1. The summed E-state index contributed by atoms with van der Waals surface area (Å²) < 4.78 is 70.5. The van der Waals surface area contributed by atoms with E-state index in [0.717, 1.165) is 63.1 Å². The van der Waals surface area contributed by atoms with Crippen LogP contribution < -0.4 is 15.5 Å². The van der Waals surface area contributed by atoms with Gasteiger partial charge >= 0.3 is 23.9 Å². The number of nitrogens with two attached hydrogens (primary N) is 1. The van der Waals surface area contributed by atoms with E-state index in [-0.39, 0.29) is 75.0 Å². The van der Waals surface area contributed by atoms with Crippen molar-refractivity contribution in [3.63, 3.8) is 0 Å². The van der Waals surface area contributed by atoms with E-state index in [1.165, 1.54) is 162 Å². The molecule has 4 aliphatic carbocycles. The molecule has 0 amide bonds. The molecule has 0 heterocycles. The van der Waals surface area contributed by atoms with Crippen LogP contribution in [0.4, 0.5) is 46.0 Å². The third-order valence-electron chi connectivity index (χ3n) is 24.4. The van der Waals surface area contributed by atoms with Gasteiger partial charge in [-0.15, -0.1) is 0 Å². The third-order valence-corrected chi connectivity index (χ3v) is 25.1. The number of carboxylic acids is 1. The molecule has 11 nitrogen and oxygen atoms in total. The molecule has 0 atom stereocenters. The molecule has 0 bridgehead atoms. The number of benzene rings is 8. The third kappa shape index (κ3) is 20.6. The van der Waals surface area contributed by atoms with Crippen LogP contribution in [0.15, 0.2) is 121 Å². The molecule has 8 aromatic rings. The zero-order valence-electron chi connectivity index (χ0n) is 71.0. The minimum Gasteiger partial charge on any atom is -0.478 e. The minimum absolute atomic E-state index is 0. The van der Waals surface area contributed by atoms with Crippen molar-refractivity contribution in [3.8, 4) is 0 Å². The fraction of sp³-hybridized carbons (Fsp3) is 0.469. The van der Waals surface area contributed by atoms with Gasteiger partial charge in [-0.2, -0.15) is 0 Å². The fourth-order valence-corrected chi connectivity index (χ4v) is 16.9. The molecule has 0 spiro atoms. The number of esters is 3. The number of carbonyl (C=O) groups is 4. The van der Waals surface area contributed by atoms with E-state index in [0.29, 0.717) is 30.6 Å². The highest BCUT2D eigenvalue weighted by Gasteiger charge is 2.42. The number of hydrogen-bond donors (Lipinski definition) is 2. The Bertz CT molecular complexity index is 4830. The van der Waals surface area contributed by atoms with Crippen LogP contribution in [0.5, 0.6) is 0 Å². The molecule has 8 aromatic carbocycles. The van der Waals surface area contributed by atoms with Crippen molar-refractivity contribution in [2.45, 2.75) is 268 Å². The van der Waals surface area contributed by atoms with Crippen LogP contribution in [0.3, 0.4) is 0 Å². The molecule has 16 heteroatoms. The molecular weight excluding hydrogens is 1550 g/mol. The van der Waals surface area contributed by atoms with Gasteiger partial charge < -0.3 is 34.9 Å². The van der Waals surface area contributed by atoms with Crippen LogP contribution in [0.1, 0.15) is 310 Å². The van der Waals surface area contributed by atoms with Gasteiger partial charge in [0.1, 0.15) is 23.3 Å². The Balaban J connectivity index is 0.000000227. The zero-order chi connectivity index (χ0) is 83.7. The molecule has 618 valence electrons. The Morgan fingerprint density at radius 1 is 0.386 bits per heavy atom. The molecule has 0 unspecified atom stereocenters. The maximum Gasteiger partial charge on any atom is 0.340 e. The zero-order valence-corrected chi connectivity index (χ0v) is 73.1. The first-order valence-electron chi connectivity index (χ1n) is 39.2. The first-order chi connectivity index (χ1) is 51.9. The molecule has 0 fully saturated rings. The van der Waals surface area contributed by atoms with E-state index in [2.05, 4.69) is 218 Å². The number of aryl methyl sites for hydroxylation is 4. The largest absolute Gasteiger partial charge is 0.478 e. The number of hydrogen-bond acceptors (Lipinski definition) is 10. The standard InChI is InChI=1S/C25H32FNO2.C24H30FNO2.C24H29FO2.C15H23N.C8H6FIO2.2CH4/c1-8-27(17-9-10-18(21(26)14-17)23(28)29-7)22-15-20-19(13-16(22)2)24(3,4)11-12-25(20,5)6;1-7-26(16-8-9-17(22(27)28)20(25)13-16)21-14-19-18(12-15(21)2)23(3,4)10-11-24(19,5)6;1-15-11-19-20(24(4,5)10-9-23(19,2)3)14-17(15)12-16-7-8-18(21(25)13-16)22(26)27-6;1-10-8-11-12(9-13(10)16)15(4,5)7-6-14(11,2)3;1-12-8(11)6-3-2-5(10)4-7(6)9;;/h9-10,13-15H,8,11-12H2,1-7H3;8-9,12-14H,7,10-11H2,1-6H3,(H,27,28);7-8,11,13-14H,9-10,12H2,1-6H3;8-9H,6-7,16H2,1-5H3;2-4H,1H3;2*1H4.